The molecular formula is C16H22N2O2. The standard InChI is InChI=1S/C16H22N2O2/c19-16(18-7-5-12-6-8-20-11-12)15-10-17-9-13-3-1-2-4-14(13)15/h1-4,12,15,17H,5-11H2,(H,18,19). The summed E-state index contributed by atoms with van der Waals surface area (Å²) in [5.74, 6) is 0.704. The lowest BCUT2D eigenvalue weighted by Crippen LogP contribution is -2.39. The Morgan fingerprint density at radius 2 is 2.30 bits per heavy atom. The smallest absolute Gasteiger partial charge is 0.228 e. The van der Waals surface area contributed by atoms with Gasteiger partial charge < -0.3 is 15.4 Å². The Morgan fingerprint density at radius 1 is 1.40 bits per heavy atom. The summed E-state index contributed by atoms with van der Waals surface area (Å²) in [6.45, 7) is 4.07. The molecule has 2 aliphatic rings. The minimum atomic E-state index is -0.0558. The number of hydrogen-bond acceptors (Lipinski definition) is 3. The Morgan fingerprint density at radius 3 is 3.15 bits per heavy atom. The first kappa shape index (κ1) is 13.6. The third-order valence-electron chi connectivity index (χ3n) is 4.29. The highest BCUT2D eigenvalue weighted by Gasteiger charge is 2.26. The molecule has 2 aliphatic heterocycles. The number of hydrogen-bond donors (Lipinski definition) is 2. The highest BCUT2D eigenvalue weighted by atomic mass is 16.5. The molecule has 0 saturated carbocycles. The second-order valence-corrected chi connectivity index (χ2v) is 5.69. The minimum Gasteiger partial charge on any atom is -0.381 e. The van der Waals surface area contributed by atoms with Crippen molar-refractivity contribution >= 4 is 5.91 Å². The van der Waals surface area contributed by atoms with Crippen LogP contribution in [0.15, 0.2) is 24.3 Å². The van der Waals surface area contributed by atoms with E-state index in [-0.39, 0.29) is 11.8 Å². The van der Waals surface area contributed by atoms with Gasteiger partial charge >= 0.3 is 0 Å². The topological polar surface area (TPSA) is 50.4 Å². The van der Waals surface area contributed by atoms with Crippen molar-refractivity contribution in [3.8, 4) is 0 Å². The van der Waals surface area contributed by atoms with E-state index in [1.54, 1.807) is 0 Å². The number of carbonyl (C=O) groups is 1. The Bertz CT molecular complexity index is 469. The van der Waals surface area contributed by atoms with E-state index in [0.29, 0.717) is 5.92 Å². The first-order valence-electron chi connectivity index (χ1n) is 7.48. The van der Waals surface area contributed by atoms with Crippen LogP contribution in [0.1, 0.15) is 29.9 Å². The zero-order valence-electron chi connectivity index (χ0n) is 11.7. The van der Waals surface area contributed by atoms with Crippen LogP contribution in [-0.4, -0.2) is 32.2 Å². The summed E-state index contributed by atoms with van der Waals surface area (Å²) in [4.78, 5) is 12.4. The zero-order chi connectivity index (χ0) is 13.8. The van der Waals surface area contributed by atoms with Crippen LogP contribution in [0.3, 0.4) is 0 Å². The number of rotatable bonds is 4. The average molecular weight is 274 g/mol. The van der Waals surface area contributed by atoms with Crippen molar-refractivity contribution in [2.45, 2.75) is 25.3 Å². The molecule has 2 N–H and O–H groups in total. The molecule has 3 rings (SSSR count). The van der Waals surface area contributed by atoms with Crippen molar-refractivity contribution in [3.63, 3.8) is 0 Å². The number of benzene rings is 1. The lowest BCUT2D eigenvalue weighted by atomic mass is 9.90. The molecule has 0 radical (unpaired) electrons. The van der Waals surface area contributed by atoms with Crippen molar-refractivity contribution in [1.29, 1.82) is 0 Å². The van der Waals surface area contributed by atoms with Gasteiger partial charge in [-0.1, -0.05) is 24.3 Å². The van der Waals surface area contributed by atoms with Crippen LogP contribution in [0.4, 0.5) is 0 Å². The molecule has 1 saturated heterocycles. The minimum absolute atomic E-state index is 0.0558. The number of carbonyl (C=O) groups excluding carboxylic acids is 1. The van der Waals surface area contributed by atoms with Gasteiger partial charge in [-0.05, 0) is 29.9 Å². The molecule has 2 unspecified atom stereocenters. The predicted octanol–water partition coefficient (Wildman–Crippen LogP) is 1.42. The van der Waals surface area contributed by atoms with Crippen molar-refractivity contribution in [2.24, 2.45) is 5.92 Å². The van der Waals surface area contributed by atoms with Gasteiger partial charge in [0.2, 0.25) is 5.91 Å². The second-order valence-electron chi connectivity index (χ2n) is 5.69. The largest absolute Gasteiger partial charge is 0.381 e. The number of fused-ring (bicyclic) bond motifs is 1. The number of amides is 1. The molecule has 1 fully saturated rings. The third-order valence-corrected chi connectivity index (χ3v) is 4.29. The van der Waals surface area contributed by atoms with Gasteiger partial charge in [-0.25, -0.2) is 0 Å². The quantitative estimate of drug-likeness (QED) is 0.873. The average Bonchev–Trinajstić information content (AvgIpc) is 3.00. The fourth-order valence-electron chi connectivity index (χ4n) is 3.06. The Hall–Kier alpha value is -1.39. The van der Waals surface area contributed by atoms with Crippen LogP contribution >= 0.6 is 0 Å². The molecule has 0 aromatic heterocycles. The Kier molecular flexibility index (Phi) is 4.33. The molecule has 4 nitrogen and oxygen atoms in total. The summed E-state index contributed by atoms with van der Waals surface area (Å²) in [6, 6.07) is 8.21. The van der Waals surface area contributed by atoms with E-state index >= 15 is 0 Å². The molecule has 1 aromatic carbocycles. The summed E-state index contributed by atoms with van der Waals surface area (Å²) >= 11 is 0. The molecule has 0 aliphatic carbocycles. The Labute approximate surface area is 119 Å². The summed E-state index contributed by atoms with van der Waals surface area (Å²) < 4.78 is 5.35. The maximum Gasteiger partial charge on any atom is 0.228 e. The van der Waals surface area contributed by atoms with E-state index < -0.39 is 0 Å². The van der Waals surface area contributed by atoms with Crippen LogP contribution in [0.2, 0.25) is 0 Å². The van der Waals surface area contributed by atoms with E-state index in [9.17, 15) is 4.79 Å². The van der Waals surface area contributed by atoms with Gasteiger partial charge in [-0.2, -0.15) is 0 Å². The first-order chi connectivity index (χ1) is 9.84. The first-order valence-corrected chi connectivity index (χ1v) is 7.48. The molecule has 0 bridgehead atoms. The fourth-order valence-corrected chi connectivity index (χ4v) is 3.06. The van der Waals surface area contributed by atoms with Gasteiger partial charge in [0.25, 0.3) is 0 Å². The summed E-state index contributed by atoms with van der Waals surface area (Å²) in [7, 11) is 0. The second kappa shape index (κ2) is 6.37. The predicted molar refractivity (Wildman–Crippen MR) is 77.4 cm³/mol. The molecule has 2 heterocycles. The van der Waals surface area contributed by atoms with Crippen molar-refractivity contribution < 1.29 is 9.53 Å². The van der Waals surface area contributed by atoms with Crippen LogP contribution in [0.5, 0.6) is 0 Å². The third kappa shape index (κ3) is 3.02. The van der Waals surface area contributed by atoms with Gasteiger partial charge in [-0.15, -0.1) is 0 Å². The van der Waals surface area contributed by atoms with Crippen LogP contribution in [-0.2, 0) is 16.1 Å². The Balaban J connectivity index is 1.55. The lowest BCUT2D eigenvalue weighted by Gasteiger charge is -2.25. The number of ether oxygens (including phenoxy) is 1. The lowest BCUT2D eigenvalue weighted by molar-refractivity contribution is -0.122. The maximum atomic E-state index is 12.4. The molecule has 0 spiro atoms. The van der Waals surface area contributed by atoms with Crippen molar-refractivity contribution in [3.05, 3.63) is 35.4 Å². The van der Waals surface area contributed by atoms with Crippen molar-refractivity contribution in [2.75, 3.05) is 26.3 Å². The van der Waals surface area contributed by atoms with Crippen LogP contribution < -0.4 is 10.6 Å². The molecule has 2 atom stereocenters. The fraction of sp³-hybridized carbons (Fsp3) is 0.562. The van der Waals surface area contributed by atoms with Gasteiger partial charge in [-0.3, -0.25) is 4.79 Å². The summed E-state index contributed by atoms with van der Waals surface area (Å²) in [5, 5.41) is 6.41. The van der Waals surface area contributed by atoms with Gasteiger partial charge in [0, 0.05) is 32.8 Å². The monoisotopic (exact) mass is 274 g/mol. The maximum absolute atomic E-state index is 12.4. The molecule has 1 amide bonds. The van der Waals surface area contributed by atoms with Crippen molar-refractivity contribution in [1.82, 2.24) is 10.6 Å². The van der Waals surface area contributed by atoms with Gasteiger partial charge in [0.1, 0.15) is 0 Å². The van der Waals surface area contributed by atoms with E-state index in [0.717, 1.165) is 45.7 Å². The zero-order valence-corrected chi connectivity index (χ0v) is 11.7. The molecule has 20 heavy (non-hydrogen) atoms. The van der Waals surface area contributed by atoms with E-state index in [2.05, 4.69) is 22.8 Å². The van der Waals surface area contributed by atoms with Gasteiger partial charge in [0.15, 0.2) is 0 Å². The van der Waals surface area contributed by atoms with Gasteiger partial charge in [0.05, 0.1) is 5.92 Å². The molecule has 4 heteroatoms. The summed E-state index contributed by atoms with van der Waals surface area (Å²) in [6.07, 6.45) is 2.15. The molecule has 1 aromatic rings. The highest BCUT2D eigenvalue weighted by Crippen LogP contribution is 2.24. The SMILES string of the molecule is O=C(NCCC1CCOC1)C1CNCc2ccccc21. The van der Waals surface area contributed by atoms with E-state index in [4.69, 9.17) is 4.74 Å². The van der Waals surface area contributed by atoms with Crippen LogP contribution in [0, 0.1) is 5.92 Å². The molecular weight excluding hydrogens is 252 g/mol. The van der Waals surface area contributed by atoms with Crippen LogP contribution in [0.25, 0.3) is 0 Å². The van der Waals surface area contributed by atoms with E-state index in [1.165, 1.54) is 11.1 Å². The normalized spacial score (nSPS) is 25.2. The van der Waals surface area contributed by atoms with E-state index in [1.807, 2.05) is 12.1 Å². The summed E-state index contributed by atoms with van der Waals surface area (Å²) in [5.41, 5.74) is 2.41. The highest BCUT2D eigenvalue weighted by molar-refractivity contribution is 5.84. The molecule has 108 valence electrons. The number of nitrogens with one attached hydrogen (secondary N) is 2.